The maximum absolute atomic E-state index is 5.00. The van der Waals surface area contributed by atoms with Gasteiger partial charge in [-0.2, -0.15) is 0 Å². The molecule has 36 heavy (non-hydrogen) atoms. The third kappa shape index (κ3) is 2.87. The van der Waals surface area contributed by atoms with E-state index in [1.807, 2.05) is 0 Å². The van der Waals surface area contributed by atoms with Crippen LogP contribution in [0.2, 0.25) is 0 Å². The highest BCUT2D eigenvalue weighted by molar-refractivity contribution is 9.10. The summed E-state index contributed by atoms with van der Waals surface area (Å²) in [6.07, 6.45) is 9.04. The fraction of sp³-hybridized carbons (Fsp3) is 0.303. The molecule has 0 saturated heterocycles. The number of fused-ring (bicyclic) bond motifs is 3. The average Bonchev–Trinajstić information content (AvgIpc) is 3.22. The molecule has 4 fully saturated rings. The molecule has 0 radical (unpaired) electrons. The van der Waals surface area contributed by atoms with Crippen LogP contribution in [0.1, 0.15) is 43.2 Å². The van der Waals surface area contributed by atoms with Gasteiger partial charge in [0.2, 0.25) is 0 Å². The number of hydrogen-bond acceptors (Lipinski definition) is 1. The molecule has 4 aliphatic carbocycles. The van der Waals surface area contributed by atoms with Crippen molar-refractivity contribution in [2.75, 3.05) is 0 Å². The van der Waals surface area contributed by atoms with Gasteiger partial charge in [0.15, 0.2) is 0 Å². The quantitative estimate of drug-likeness (QED) is 0.227. The molecule has 4 saturated carbocycles. The monoisotopic (exact) mass is 532 g/mol. The van der Waals surface area contributed by atoms with Crippen LogP contribution in [-0.4, -0.2) is 9.55 Å². The van der Waals surface area contributed by atoms with Gasteiger partial charge in [-0.3, -0.25) is 4.57 Å². The van der Waals surface area contributed by atoms with Gasteiger partial charge in [0.05, 0.1) is 11.0 Å². The number of hydrogen-bond donors (Lipinski definition) is 0. The van der Waals surface area contributed by atoms with Gasteiger partial charge in [-0.1, -0.05) is 70.5 Å². The molecule has 4 aliphatic rings. The Hall–Kier alpha value is -2.91. The van der Waals surface area contributed by atoms with E-state index in [0.29, 0.717) is 0 Å². The molecule has 178 valence electrons. The molecule has 9 rings (SSSR count). The van der Waals surface area contributed by atoms with Gasteiger partial charge in [0, 0.05) is 26.9 Å². The zero-order valence-corrected chi connectivity index (χ0v) is 21.9. The van der Waals surface area contributed by atoms with Gasteiger partial charge in [-0.05, 0) is 97.2 Å². The van der Waals surface area contributed by atoms with Crippen LogP contribution >= 0.6 is 15.9 Å². The minimum absolute atomic E-state index is 0.0890. The molecule has 0 aliphatic heterocycles. The van der Waals surface area contributed by atoms with E-state index in [4.69, 9.17) is 4.98 Å². The molecule has 2 heterocycles. The number of benzene rings is 3. The van der Waals surface area contributed by atoms with Gasteiger partial charge in [-0.25, -0.2) is 4.98 Å². The summed E-state index contributed by atoms with van der Waals surface area (Å²) < 4.78 is 3.46. The van der Waals surface area contributed by atoms with E-state index >= 15 is 0 Å². The SMILES string of the molecule is Brc1ccc2c3ccccc3n(-c3cc(C4(c5ccccc5)C5CC6CC(C5)CC4C6)ccn3)c2c1. The summed E-state index contributed by atoms with van der Waals surface area (Å²) in [6.45, 7) is 0. The number of aromatic nitrogens is 2. The number of para-hydroxylation sites is 1. The lowest BCUT2D eigenvalue weighted by Gasteiger charge is -2.62. The van der Waals surface area contributed by atoms with Crippen molar-refractivity contribution in [3.8, 4) is 5.82 Å². The van der Waals surface area contributed by atoms with Gasteiger partial charge in [-0.15, -0.1) is 0 Å². The first kappa shape index (κ1) is 21.2. The normalized spacial score (nSPS) is 28.8. The first-order valence-electron chi connectivity index (χ1n) is 13.4. The van der Waals surface area contributed by atoms with Crippen molar-refractivity contribution in [1.29, 1.82) is 0 Å². The standard InChI is InChI=1S/C33H29BrN2/c34-27-10-11-29-28-8-4-5-9-30(28)36(31(29)20-27)32-19-24(12-13-35-32)33(23-6-2-1-3-7-23)25-15-21-14-22(17-25)18-26(33)16-21/h1-13,19-22,25-26H,14-18H2. The van der Waals surface area contributed by atoms with Crippen LogP contribution in [0, 0.1) is 23.7 Å². The lowest BCUT2D eigenvalue weighted by atomic mass is 9.42. The summed E-state index contributed by atoms with van der Waals surface area (Å²) in [5.74, 6) is 4.33. The topological polar surface area (TPSA) is 17.8 Å². The van der Waals surface area contributed by atoms with E-state index in [1.165, 1.54) is 65.0 Å². The van der Waals surface area contributed by atoms with Crippen LogP contribution in [0.3, 0.4) is 0 Å². The second-order valence-corrected chi connectivity index (χ2v) is 12.4. The zero-order chi connectivity index (χ0) is 23.9. The number of nitrogens with zero attached hydrogens (tertiary/aromatic N) is 2. The number of pyridine rings is 1. The molecule has 0 unspecified atom stereocenters. The average molecular weight is 534 g/mol. The molecule has 2 aromatic heterocycles. The Kier molecular flexibility index (Phi) is 4.59. The van der Waals surface area contributed by atoms with E-state index in [0.717, 1.165) is 34.0 Å². The maximum atomic E-state index is 5.00. The third-order valence-electron chi connectivity index (χ3n) is 9.77. The highest BCUT2D eigenvalue weighted by Crippen LogP contribution is 2.65. The predicted octanol–water partition coefficient (Wildman–Crippen LogP) is 8.68. The largest absolute Gasteiger partial charge is 0.294 e. The highest BCUT2D eigenvalue weighted by Gasteiger charge is 2.58. The van der Waals surface area contributed by atoms with Crippen molar-refractivity contribution >= 4 is 37.7 Å². The molecular weight excluding hydrogens is 504 g/mol. The molecule has 3 heteroatoms. The van der Waals surface area contributed by atoms with Crippen LogP contribution < -0.4 is 0 Å². The Morgan fingerprint density at radius 1 is 0.667 bits per heavy atom. The second kappa shape index (κ2) is 7.79. The molecule has 0 spiro atoms. The second-order valence-electron chi connectivity index (χ2n) is 11.5. The molecular formula is C33H29BrN2. The van der Waals surface area contributed by atoms with E-state index < -0.39 is 0 Å². The van der Waals surface area contributed by atoms with Crippen LogP contribution in [0.25, 0.3) is 27.6 Å². The van der Waals surface area contributed by atoms with Crippen molar-refractivity contribution in [3.63, 3.8) is 0 Å². The zero-order valence-electron chi connectivity index (χ0n) is 20.3. The molecule has 4 bridgehead atoms. The number of halogens is 1. The highest BCUT2D eigenvalue weighted by atomic mass is 79.9. The Bertz CT molecular complexity index is 1590. The van der Waals surface area contributed by atoms with Crippen molar-refractivity contribution in [2.24, 2.45) is 23.7 Å². The molecule has 0 amide bonds. The smallest absolute Gasteiger partial charge is 0.137 e. The fourth-order valence-corrected chi connectivity index (χ4v) is 9.09. The summed E-state index contributed by atoms with van der Waals surface area (Å²) >= 11 is 3.72. The van der Waals surface area contributed by atoms with E-state index in [1.54, 1.807) is 0 Å². The summed E-state index contributed by atoms with van der Waals surface area (Å²) in [4.78, 5) is 5.00. The minimum atomic E-state index is 0.0890. The Balaban J connectivity index is 1.39. The Morgan fingerprint density at radius 3 is 2.14 bits per heavy atom. The molecule has 5 aromatic rings. The molecule has 3 aromatic carbocycles. The van der Waals surface area contributed by atoms with E-state index in [2.05, 4.69) is 112 Å². The van der Waals surface area contributed by atoms with Gasteiger partial charge >= 0.3 is 0 Å². The van der Waals surface area contributed by atoms with Crippen molar-refractivity contribution in [2.45, 2.75) is 37.5 Å². The van der Waals surface area contributed by atoms with E-state index in [9.17, 15) is 0 Å². The van der Waals surface area contributed by atoms with Gasteiger partial charge < -0.3 is 0 Å². The van der Waals surface area contributed by atoms with Gasteiger partial charge in [0.25, 0.3) is 0 Å². The maximum Gasteiger partial charge on any atom is 0.137 e. The number of rotatable bonds is 3. The van der Waals surface area contributed by atoms with Crippen molar-refractivity contribution in [3.05, 3.63) is 107 Å². The first-order valence-corrected chi connectivity index (χ1v) is 14.2. The van der Waals surface area contributed by atoms with Gasteiger partial charge in [0.1, 0.15) is 5.82 Å². The van der Waals surface area contributed by atoms with Crippen molar-refractivity contribution in [1.82, 2.24) is 9.55 Å². The summed E-state index contributed by atoms with van der Waals surface area (Å²) in [5, 5.41) is 2.55. The fourth-order valence-electron chi connectivity index (χ4n) is 8.74. The summed E-state index contributed by atoms with van der Waals surface area (Å²) in [6, 6.07) is 31.6. The first-order chi connectivity index (χ1) is 17.7. The van der Waals surface area contributed by atoms with E-state index in [-0.39, 0.29) is 5.41 Å². The van der Waals surface area contributed by atoms with Crippen LogP contribution in [0.5, 0.6) is 0 Å². The summed E-state index contributed by atoms with van der Waals surface area (Å²) in [7, 11) is 0. The van der Waals surface area contributed by atoms with Crippen LogP contribution in [0.4, 0.5) is 0 Å². The molecule has 2 nitrogen and oxygen atoms in total. The van der Waals surface area contributed by atoms with Crippen LogP contribution in [0.15, 0.2) is 95.6 Å². The lowest BCUT2D eigenvalue weighted by Crippen LogP contribution is -2.56. The third-order valence-corrected chi connectivity index (χ3v) is 10.3. The molecule has 0 N–H and O–H groups in total. The summed E-state index contributed by atoms with van der Waals surface area (Å²) in [5.41, 5.74) is 5.49. The molecule has 0 atom stereocenters. The lowest BCUT2D eigenvalue weighted by molar-refractivity contribution is -0.0418. The Morgan fingerprint density at radius 2 is 1.36 bits per heavy atom. The van der Waals surface area contributed by atoms with Crippen LogP contribution in [-0.2, 0) is 5.41 Å². The predicted molar refractivity (Wildman–Crippen MR) is 151 cm³/mol. The van der Waals surface area contributed by atoms with Crippen molar-refractivity contribution < 1.29 is 0 Å². The Labute approximate surface area is 220 Å². The minimum Gasteiger partial charge on any atom is -0.294 e.